The Morgan fingerprint density at radius 1 is 0.914 bits per heavy atom. The van der Waals surface area contributed by atoms with Gasteiger partial charge in [0, 0.05) is 17.3 Å². The molecule has 1 atom stereocenters. The summed E-state index contributed by atoms with van der Waals surface area (Å²) in [5, 5.41) is 12.2. The highest BCUT2D eigenvalue weighted by molar-refractivity contribution is 5.82. The second-order valence-corrected chi connectivity index (χ2v) is 7.42. The molecule has 0 fully saturated rings. The van der Waals surface area contributed by atoms with Crippen LogP contribution in [0.3, 0.4) is 0 Å². The number of carbonyl (C=O) groups excluding carboxylic acids is 1. The van der Waals surface area contributed by atoms with E-state index in [9.17, 15) is 4.79 Å². The molecule has 0 radical (unpaired) electrons. The summed E-state index contributed by atoms with van der Waals surface area (Å²) < 4.78 is 27.7. The summed E-state index contributed by atoms with van der Waals surface area (Å²) in [5.41, 5.74) is 2.71. The van der Waals surface area contributed by atoms with Crippen molar-refractivity contribution < 1.29 is 28.5 Å². The van der Waals surface area contributed by atoms with Crippen molar-refractivity contribution in [2.24, 2.45) is 0 Å². The number of ether oxygens (including phenoxy) is 5. The van der Waals surface area contributed by atoms with E-state index < -0.39 is 12.0 Å². The van der Waals surface area contributed by atoms with Crippen molar-refractivity contribution in [1.29, 1.82) is 5.26 Å². The monoisotopic (exact) mass is 476 g/mol. The SMILES string of the molecule is COC(=O)C(Nc1ccc(C#N)cc1)c1cc(OC)c(OC)cc1OCCOCc1ccccc1. The van der Waals surface area contributed by atoms with Crippen LogP contribution < -0.4 is 19.5 Å². The van der Waals surface area contributed by atoms with Crippen molar-refractivity contribution in [1.82, 2.24) is 0 Å². The predicted molar refractivity (Wildman–Crippen MR) is 131 cm³/mol. The van der Waals surface area contributed by atoms with E-state index in [2.05, 4.69) is 11.4 Å². The van der Waals surface area contributed by atoms with Gasteiger partial charge < -0.3 is 29.0 Å². The van der Waals surface area contributed by atoms with Gasteiger partial charge in [-0.05, 0) is 35.9 Å². The number of esters is 1. The number of nitrogens with one attached hydrogen (secondary N) is 1. The summed E-state index contributed by atoms with van der Waals surface area (Å²) in [6, 6.07) is 21.1. The summed E-state index contributed by atoms with van der Waals surface area (Å²) in [6.45, 7) is 1.06. The number of benzene rings is 3. The van der Waals surface area contributed by atoms with Crippen LogP contribution in [0.2, 0.25) is 0 Å². The molecule has 3 aromatic carbocycles. The maximum atomic E-state index is 12.8. The van der Waals surface area contributed by atoms with Crippen LogP contribution in [-0.2, 0) is 20.9 Å². The highest BCUT2D eigenvalue weighted by Gasteiger charge is 2.27. The van der Waals surface area contributed by atoms with Gasteiger partial charge in [-0.15, -0.1) is 0 Å². The van der Waals surface area contributed by atoms with Gasteiger partial charge in [-0.25, -0.2) is 4.79 Å². The summed E-state index contributed by atoms with van der Waals surface area (Å²) in [5.74, 6) is 0.790. The number of nitriles is 1. The molecule has 0 aliphatic rings. The number of hydrogen-bond acceptors (Lipinski definition) is 8. The number of methoxy groups -OCH3 is 3. The molecule has 1 N–H and O–H groups in total. The first kappa shape index (κ1) is 25.4. The molecule has 0 saturated heterocycles. The molecule has 1 unspecified atom stereocenters. The van der Waals surface area contributed by atoms with E-state index in [0.717, 1.165) is 5.56 Å². The molecule has 0 heterocycles. The first-order chi connectivity index (χ1) is 17.1. The minimum atomic E-state index is -0.909. The van der Waals surface area contributed by atoms with E-state index in [0.29, 0.717) is 47.3 Å². The summed E-state index contributed by atoms with van der Waals surface area (Å²) in [7, 11) is 4.35. The highest BCUT2D eigenvalue weighted by Crippen LogP contribution is 2.39. The number of anilines is 1. The van der Waals surface area contributed by atoms with Crippen LogP contribution in [0.1, 0.15) is 22.7 Å². The second-order valence-electron chi connectivity index (χ2n) is 7.42. The quantitative estimate of drug-likeness (QED) is 0.301. The third-order valence-corrected chi connectivity index (χ3v) is 5.19. The van der Waals surface area contributed by atoms with E-state index in [4.69, 9.17) is 28.9 Å². The average Bonchev–Trinajstić information content (AvgIpc) is 2.91. The Kier molecular flexibility index (Phi) is 9.34. The molecule has 0 aromatic heterocycles. The van der Waals surface area contributed by atoms with E-state index >= 15 is 0 Å². The minimum absolute atomic E-state index is 0.250. The fourth-order valence-corrected chi connectivity index (χ4v) is 3.39. The van der Waals surface area contributed by atoms with Gasteiger partial charge in [0.05, 0.1) is 46.2 Å². The van der Waals surface area contributed by atoms with Crippen LogP contribution in [-0.4, -0.2) is 40.5 Å². The zero-order chi connectivity index (χ0) is 25.0. The van der Waals surface area contributed by atoms with Crippen molar-refractivity contribution in [3.63, 3.8) is 0 Å². The maximum Gasteiger partial charge on any atom is 0.333 e. The van der Waals surface area contributed by atoms with Crippen LogP contribution in [0, 0.1) is 11.3 Å². The zero-order valence-corrected chi connectivity index (χ0v) is 19.9. The lowest BCUT2D eigenvalue weighted by atomic mass is 10.0. The van der Waals surface area contributed by atoms with Crippen molar-refractivity contribution in [3.8, 4) is 23.3 Å². The summed E-state index contributed by atoms with van der Waals surface area (Å²) >= 11 is 0. The molecule has 8 heteroatoms. The number of hydrogen-bond donors (Lipinski definition) is 1. The molecule has 0 saturated carbocycles. The van der Waals surface area contributed by atoms with Crippen LogP contribution in [0.15, 0.2) is 66.7 Å². The van der Waals surface area contributed by atoms with Crippen molar-refractivity contribution in [2.45, 2.75) is 12.6 Å². The largest absolute Gasteiger partial charge is 0.493 e. The molecule has 8 nitrogen and oxygen atoms in total. The van der Waals surface area contributed by atoms with Crippen molar-refractivity contribution >= 4 is 11.7 Å². The van der Waals surface area contributed by atoms with Gasteiger partial charge >= 0.3 is 5.97 Å². The van der Waals surface area contributed by atoms with Crippen LogP contribution in [0.5, 0.6) is 17.2 Å². The van der Waals surface area contributed by atoms with Gasteiger partial charge in [-0.1, -0.05) is 30.3 Å². The third kappa shape index (κ3) is 6.88. The zero-order valence-electron chi connectivity index (χ0n) is 19.9. The minimum Gasteiger partial charge on any atom is -0.493 e. The lowest BCUT2D eigenvalue weighted by molar-refractivity contribution is -0.141. The van der Waals surface area contributed by atoms with Crippen molar-refractivity contribution in [3.05, 3.63) is 83.4 Å². The Morgan fingerprint density at radius 3 is 2.23 bits per heavy atom. The Balaban J connectivity index is 1.82. The standard InChI is InChI=1S/C27H28N2O6/c1-31-24-15-22(26(27(30)33-3)29-21-11-9-19(17-28)10-12-21)23(16-25(24)32-2)35-14-13-34-18-20-7-5-4-6-8-20/h4-12,15-16,26,29H,13-14,18H2,1-3H3. The summed E-state index contributed by atoms with van der Waals surface area (Å²) in [4.78, 5) is 12.8. The Labute approximate surface area is 205 Å². The molecular formula is C27H28N2O6. The molecule has 3 aromatic rings. The lowest BCUT2D eigenvalue weighted by Crippen LogP contribution is -2.23. The van der Waals surface area contributed by atoms with E-state index in [1.807, 2.05) is 30.3 Å². The molecular weight excluding hydrogens is 448 g/mol. The fourth-order valence-electron chi connectivity index (χ4n) is 3.39. The maximum absolute atomic E-state index is 12.8. The van der Waals surface area contributed by atoms with Crippen LogP contribution in [0.4, 0.5) is 5.69 Å². The Hall–Kier alpha value is -4.22. The second kappa shape index (κ2) is 12.9. The van der Waals surface area contributed by atoms with Gasteiger partial charge in [-0.2, -0.15) is 5.26 Å². The van der Waals surface area contributed by atoms with Crippen molar-refractivity contribution in [2.75, 3.05) is 39.9 Å². The summed E-state index contributed by atoms with van der Waals surface area (Å²) in [6.07, 6.45) is 0. The first-order valence-corrected chi connectivity index (χ1v) is 10.9. The predicted octanol–water partition coefficient (Wildman–Crippen LogP) is 4.50. The molecule has 0 amide bonds. The van der Waals surface area contributed by atoms with Gasteiger partial charge in [-0.3, -0.25) is 0 Å². The Bertz CT molecular complexity index is 1140. The lowest BCUT2D eigenvalue weighted by Gasteiger charge is -2.23. The number of carbonyl (C=O) groups is 1. The third-order valence-electron chi connectivity index (χ3n) is 5.19. The van der Waals surface area contributed by atoms with Crippen LogP contribution >= 0.6 is 0 Å². The van der Waals surface area contributed by atoms with Gasteiger partial charge in [0.1, 0.15) is 12.4 Å². The first-order valence-electron chi connectivity index (χ1n) is 10.9. The smallest absolute Gasteiger partial charge is 0.333 e. The van der Waals surface area contributed by atoms with Crippen LogP contribution in [0.25, 0.3) is 0 Å². The van der Waals surface area contributed by atoms with Gasteiger partial charge in [0.15, 0.2) is 17.5 Å². The fraction of sp³-hybridized carbons (Fsp3) is 0.259. The average molecular weight is 477 g/mol. The van der Waals surface area contributed by atoms with E-state index in [1.165, 1.54) is 21.3 Å². The molecule has 182 valence electrons. The van der Waals surface area contributed by atoms with Gasteiger partial charge in [0.25, 0.3) is 0 Å². The molecule has 0 aliphatic carbocycles. The molecule has 0 spiro atoms. The number of nitrogens with zero attached hydrogens (tertiary/aromatic N) is 1. The topological polar surface area (TPSA) is 99.0 Å². The Morgan fingerprint density at radius 2 is 1.60 bits per heavy atom. The van der Waals surface area contributed by atoms with E-state index in [-0.39, 0.29) is 6.61 Å². The molecule has 35 heavy (non-hydrogen) atoms. The molecule has 0 aliphatic heterocycles. The van der Waals surface area contributed by atoms with E-state index in [1.54, 1.807) is 36.4 Å². The normalized spacial score (nSPS) is 11.1. The number of rotatable bonds is 12. The molecule has 0 bridgehead atoms. The van der Waals surface area contributed by atoms with Gasteiger partial charge in [0.2, 0.25) is 0 Å². The highest BCUT2D eigenvalue weighted by atomic mass is 16.5. The molecule has 3 rings (SSSR count).